The molecule has 0 saturated carbocycles. The van der Waals surface area contributed by atoms with E-state index in [4.69, 9.17) is 28.3 Å². The molecule has 128 valence electrons. The zero-order valence-corrected chi connectivity index (χ0v) is 14.3. The van der Waals surface area contributed by atoms with Gasteiger partial charge in [0.1, 0.15) is 6.54 Å². The van der Waals surface area contributed by atoms with Gasteiger partial charge < -0.3 is 5.11 Å². The van der Waals surface area contributed by atoms with E-state index in [1.54, 1.807) is 36.4 Å². The number of halogens is 2. The first-order chi connectivity index (χ1) is 11.9. The Kier molecular flexibility index (Phi) is 4.65. The van der Waals surface area contributed by atoms with Crippen molar-refractivity contribution in [3.8, 4) is 0 Å². The van der Waals surface area contributed by atoms with Crippen LogP contribution in [-0.2, 0) is 17.9 Å². The molecule has 1 aromatic heterocycles. The first kappa shape index (κ1) is 17.3. The lowest BCUT2D eigenvalue weighted by atomic mass is 10.2. The van der Waals surface area contributed by atoms with Crippen LogP contribution in [0.3, 0.4) is 0 Å². The third-order valence-corrected chi connectivity index (χ3v) is 4.37. The van der Waals surface area contributed by atoms with E-state index in [0.717, 1.165) is 9.13 Å². The van der Waals surface area contributed by atoms with Crippen LogP contribution < -0.4 is 11.2 Å². The minimum Gasteiger partial charge on any atom is -0.480 e. The Morgan fingerprint density at radius 1 is 1.04 bits per heavy atom. The number of hydrogen-bond donors (Lipinski definition) is 1. The van der Waals surface area contributed by atoms with Crippen LogP contribution in [0.1, 0.15) is 5.56 Å². The maximum atomic E-state index is 12.7. The predicted octanol–water partition coefficient (Wildman–Crippen LogP) is 2.60. The normalized spacial score (nSPS) is 11.0. The Bertz CT molecular complexity index is 1100. The first-order valence-electron chi connectivity index (χ1n) is 7.26. The average molecular weight is 379 g/mol. The maximum Gasteiger partial charge on any atom is 0.332 e. The third kappa shape index (κ3) is 3.31. The van der Waals surface area contributed by atoms with Crippen molar-refractivity contribution in [1.82, 2.24) is 9.13 Å². The predicted molar refractivity (Wildman–Crippen MR) is 95.7 cm³/mol. The summed E-state index contributed by atoms with van der Waals surface area (Å²) in [5.74, 6) is -1.18. The van der Waals surface area contributed by atoms with Gasteiger partial charge in [-0.1, -0.05) is 35.3 Å². The fourth-order valence-electron chi connectivity index (χ4n) is 2.63. The molecule has 0 saturated heterocycles. The second-order valence-electron chi connectivity index (χ2n) is 5.41. The maximum absolute atomic E-state index is 12.7. The molecule has 0 aliphatic rings. The fraction of sp³-hybridized carbons (Fsp3) is 0.118. The van der Waals surface area contributed by atoms with Gasteiger partial charge in [-0.3, -0.25) is 18.7 Å². The van der Waals surface area contributed by atoms with Gasteiger partial charge >= 0.3 is 11.7 Å². The van der Waals surface area contributed by atoms with Gasteiger partial charge in [-0.15, -0.1) is 0 Å². The minimum atomic E-state index is -1.18. The number of fused-ring (bicyclic) bond motifs is 1. The van der Waals surface area contributed by atoms with E-state index in [0.29, 0.717) is 15.6 Å². The van der Waals surface area contributed by atoms with Gasteiger partial charge in [0.2, 0.25) is 0 Å². The highest BCUT2D eigenvalue weighted by atomic mass is 35.5. The summed E-state index contributed by atoms with van der Waals surface area (Å²) in [6, 6.07) is 11.1. The third-order valence-electron chi connectivity index (χ3n) is 3.76. The van der Waals surface area contributed by atoms with Crippen molar-refractivity contribution in [1.29, 1.82) is 0 Å². The van der Waals surface area contributed by atoms with Gasteiger partial charge in [0.05, 0.1) is 17.4 Å². The molecule has 0 atom stereocenters. The molecule has 3 aromatic rings. The second kappa shape index (κ2) is 6.74. The highest BCUT2D eigenvalue weighted by Crippen LogP contribution is 2.21. The largest absolute Gasteiger partial charge is 0.480 e. The Hall–Kier alpha value is -2.57. The molecule has 0 aliphatic carbocycles. The number of carbonyl (C=O) groups is 1. The van der Waals surface area contributed by atoms with Crippen molar-refractivity contribution in [2.45, 2.75) is 13.1 Å². The van der Waals surface area contributed by atoms with Crippen molar-refractivity contribution >= 4 is 40.1 Å². The SMILES string of the molecule is O=C(O)Cn1c(=O)n(Cc2cc(Cl)ccc2Cl)c(=O)c2ccccc21. The van der Waals surface area contributed by atoms with Crippen LogP contribution in [0.25, 0.3) is 10.9 Å². The number of rotatable bonds is 4. The van der Waals surface area contributed by atoms with E-state index < -0.39 is 23.8 Å². The fourth-order valence-corrected chi connectivity index (χ4v) is 3.01. The zero-order valence-electron chi connectivity index (χ0n) is 12.8. The summed E-state index contributed by atoms with van der Waals surface area (Å²) in [7, 11) is 0. The van der Waals surface area contributed by atoms with Crippen molar-refractivity contribution in [2.75, 3.05) is 0 Å². The number of nitrogens with zero attached hydrogens (tertiary/aromatic N) is 2. The van der Waals surface area contributed by atoms with Gasteiger partial charge in [0, 0.05) is 10.0 Å². The molecular weight excluding hydrogens is 367 g/mol. The van der Waals surface area contributed by atoms with Gasteiger partial charge in [-0.2, -0.15) is 0 Å². The van der Waals surface area contributed by atoms with E-state index >= 15 is 0 Å². The average Bonchev–Trinajstić information content (AvgIpc) is 2.58. The van der Waals surface area contributed by atoms with Crippen LogP contribution in [0, 0.1) is 0 Å². The number of benzene rings is 2. The molecule has 2 aromatic carbocycles. The van der Waals surface area contributed by atoms with Crippen molar-refractivity contribution in [3.05, 3.63) is 78.9 Å². The molecular formula is C17H12Cl2N2O4. The van der Waals surface area contributed by atoms with E-state index in [1.807, 2.05) is 0 Å². The standard InChI is InChI=1S/C17H12Cl2N2O4/c18-11-5-6-13(19)10(7-11)8-21-16(24)12-3-1-2-4-14(12)20(17(21)25)9-15(22)23/h1-7H,8-9H2,(H,22,23). The Labute approximate surface area is 151 Å². The number of carboxylic acid groups (broad SMARTS) is 1. The molecule has 6 nitrogen and oxygen atoms in total. The first-order valence-corrected chi connectivity index (χ1v) is 8.02. The molecule has 8 heteroatoms. The molecule has 0 aliphatic heterocycles. The highest BCUT2D eigenvalue weighted by molar-refractivity contribution is 6.33. The van der Waals surface area contributed by atoms with Crippen LogP contribution >= 0.6 is 23.2 Å². The number of carboxylic acids is 1. The molecule has 25 heavy (non-hydrogen) atoms. The Balaban J connectivity index is 2.28. The van der Waals surface area contributed by atoms with Gasteiger partial charge in [-0.05, 0) is 35.9 Å². The summed E-state index contributed by atoms with van der Waals surface area (Å²) in [6.45, 7) is -0.662. The minimum absolute atomic E-state index is 0.110. The topological polar surface area (TPSA) is 81.3 Å². The molecule has 1 N–H and O–H groups in total. The summed E-state index contributed by atoms with van der Waals surface area (Å²) >= 11 is 12.1. The van der Waals surface area contributed by atoms with E-state index in [9.17, 15) is 14.4 Å². The number of hydrogen-bond acceptors (Lipinski definition) is 3. The lowest BCUT2D eigenvalue weighted by molar-refractivity contribution is -0.137. The highest BCUT2D eigenvalue weighted by Gasteiger charge is 2.16. The smallest absolute Gasteiger partial charge is 0.332 e. The molecule has 0 radical (unpaired) electrons. The Morgan fingerprint density at radius 3 is 2.48 bits per heavy atom. The lowest BCUT2D eigenvalue weighted by Crippen LogP contribution is -2.41. The van der Waals surface area contributed by atoms with Gasteiger partial charge in [-0.25, -0.2) is 4.79 Å². The molecule has 1 heterocycles. The van der Waals surface area contributed by atoms with Gasteiger partial charge in [0.15, 0.2) is 0 Å². The number of aromatic nitrogens is 2. The molecule has 0 bridgehead atoms. The summed E-state index contributed by atoms with van der Waals surface area (Å²) in [4.78, 5) is 36.6. The monoisotopic (exact) mass is 378 g/mol. The zero-order chi connectivity index (χ0) is 18.1. The van der Waals surface area contributed by atoms with Crippen LogP contribution in [0.15, 0.2) is 52.1 Å². The molecule has 0 amide bonds. The summed E-state index contributed by atoms with van der Waals surface area (Å²) in [6.07, 6.45) is 0. The second-order valence-corrected chi connectivity index (χ2v) is 6.25. The van der Waals surface area contributed by atoms with Crippen LogP contribution in [0.4, 0.5) is 0 Å². The Morgan fingerprint density at radius 2 is 1.76 bits per heavy atom. The van der Waals surface area contributed by atoms with Crippen LogP contribution in [-0.4, -0.2) is 20.2 Å². The van der Waals surface area contributed by atoms with Crippen LogP contribution in [0.5, 0.6) is 0 Å². The summed E-state index contributed by atoms with van der Waals surface area (Å²) in [5.41, 5.74) is -0.473. The van der Waals surface area contributed by atoms with Crippen molar-refractivity contribution in [3.63, 3.8) is 0 Å². The summed E-state index contributed by atoms with van der Waals surface area (Å²) in [5, 5.41) is 10.1. The molecule has 0 fully saturated rings. The van der Waals surface area contributed by atoms with Crippen molar-refractivity contribution < 1.29 is 9.90 Å². The van der Waals surface area contributed by atoms with E-state index in [-0.39, 0.29) is 17.4 Å². The number of para-hydroxylation sites is 1. The number of aliphatic carboxylic acids is 1. The van der Waals surface area contributed by atoms with Gasteiger partial charge in [0.25, 0.3) is 5.56 Å². The van der Waals surface area contributed by atoms with Crippen molar-refractivity contribution in [2.24, 2.45) is 0 Å². The van der Waals surface area contributed by atoms with Crippen LogP contribution in [0.2, 0.25) is 10.0 Å². The quantitative estimate of drug-likeness (QED) is 0.756. The lowest BCUT2D eigenvalue weighted by Gasteiger charge is -2.13. The van der Waals surface area contributed by atoms with E-state index in [2.05, 4.69) is 0 Å². The molecule has 0 unspecified atom stereocenters. The molecule has 0 spiro atoms. The summed E-state index contributed by atoms with van der Waals surface area (Å²) < 4.78 is 2.01. The van der Waals surface area contributed by atoms with E-state index in [1.165, 1.54) is 6.07 Å². The molecule has 3 rings (SSSR count).